The molecule has 1 amide bonds. The van der Waals surface area contributed by atoms with E-state index in [2.05, 4.69) is 26.5 Å². The Morgan fingerprint density at radius 1 is 1.00 bits per heavy atom. The van der Waals surface area contributed by atoms with Crippen LogP contribution in [0.1, 0.15) is 21.5 Å². The first-order valence-electron chi connectivity index (χ1n) is 9.56. The minimum atomic E-state index is -0.532. The van der Waals surface area contributed by atoms with Crippen LogP contribution in [0.5, 0.6) is 17.2 Å². The lowest BCUT2D eigenvalue weighted by Crippen LogP contribution is -2.17. The van der Waals surface area contributed by atoms with Gasteiger partial charge in [0, 0.05) is 21.7 Å². The van der Waals surface area contributed by atoms with E-state index in [1.54, 1.807) is 42.5 Å². The van der Waals surface area contributed by atoms with Crippen LogP contribution >= 0.6 is 15.9 Å². The maximum Gasteiger partial charge on any atom is 0.336 e. The molecular weight excluding hydrogens is 476 g/mol. The standard InChI is InChI=1S/C24H17BrN2O5/c25-19-8-10-20(32-23(28)11-6-16-4-2-1-3-5-16)18(12-19)14-26-27-24(29)17-7-9-21-22(13-17)31-15-30-21/h1-14H,15H2,(H,27,29)/b11-6+,26-14+. The molecule has 160 valence electrons. The van der Waals surface area contributed by atoms with Crippen LogP contribution in [-0.4, -0.2) is 24.9 Å². The smallest absolute Gasteiger partial charge is 0.336 e. The van der Waals surface area contributed by atoms with Crippen molar-refractivity contribution in [2.45, 2.75) is 0 Å². The van der Waals surface area contributed by atoms with E-state index in [4.69, 9.17) is 14.2 Å². The fraction of sp³-hybridized carbons (Fsp3) is 0.0417. The van der Waals surface area contributed by atoms with Gasteiger partial charge in [-0.3, -0.25) is 4.79 Å². The van der Waals surface area contributed by atoms with Crippen molar-refractivity contribution in [3.8, 4) is 17.2 Å². The van der Waals surface area contributed by atoms with E-state index >= 15 is 0 Å². The van der Waals surface area contributed by atoms with Gasteiger partial charge in [-0.15, -0.1) is 0 Å². The number of carbonyl (C=O) groups excluding carboxylic acids is 2. The van der Waals surface area contributed by atoms with Crippen molar-refractivity contribution in [3.63, 3.8) is 0 Å². The molecular formula is C24H17BrN2O5. The summed E-state index contributed by atoms with van der Waals surface area (Å²) in [6.07, 6.45) is 4.42. The second-order valence-corrected chi connectivity index (χ2v) is 7.53. The number of ether oxygens (including phenoxy) is 3. The average molecular weight is 493 g/mol. The van der Waals surface area contributed by atoms with E-state index in [-0.39, 0.29) is 6.79 Å². The first-order valence-corrected chi connectivity index (χ1v) is 10.4. The van der Waals surface area contributed by atoms with Gasteiger partial charge in [-0.05, 0) is 48.0 Å². The van der Waals surface area contributed by atoms with Crippen LogP contribution in [-0.2, 0) is 4.79 Å². The molecule has 0 aromatic heterocycles. The summed E-state index contributed by atoms with van der Waals surface area (Å²) in [6.45, 7) is 0.128. The fourth-order valence-electron chi connectivity index (χ4n) is 2.85. The van der Waals surface area contributed by atoms with Gasteiger partial charge in [0.05, 0.1) is 6.21 Å². The van der Waals surface area contributed by atoms with Crippen LogP contribution < -0.4 is 19.6 Å². The maximum absolute atomic E-state index is 12.4. The molecule has 0 spiro atoms. The zero-order chi connectivity index (χ0) is 22.3. The van der Waals surface area contributed by atoms with Crippen molar-refractivity contribution in [2.24, 2.45) is 5.10 Å². The van der Waals surface area contributed by atoms with Gasteiger partial charge < -0.3 is 14.2 Å². The summed E-state index contributed by atoms with van der Waals surface area (Å²) in [6, 6.07) is 19.4. The second-order valence-electron chi connectivity index (χ2n) is 6.61. The molecule has 3 aromatic rings. The topological polar surface area (TPSA) is 86.2 Å². The Balaban J connectivity index is 1.42. The molecule has 1 heterocycles. The highest BCUT2D eigenvalue weighted by Gasteiger charge is 2.16. The van der Waals surface area contributed by atoms with Gasteiger partial charge in [-0.1, -0.05) is 46.3 Å². The summed E-state index contributed by atoms with van der Waals surface area (Å²) < 4.78 is 16.7. The molecule has 0 saturated carbocycles. The lowest BCUT2D eigenvalue weighted by Gasteiger charge is -2.06. The predicted molar refractivity (Wildman–Crippen MR) is 123 cm³/mol. The molecule has 0 atom stereocenters. The van der Waals surface area contributed by atoms with Crippen LogP contribution in [0, 0.1) is 0 Å². The van der Waals surface area contributed by atoms with Gasteiger partial charge in [0.1, 0.15) is 5.75 Å². The van der Waals surface area contributed by atoms with E-state index in [1.807, 2.05) is 30.3 Å². The summed E-state index contributed by atoms with van der Waals surface area (Å²) in [4.78, 5) is 24.6. The zero-order valence-electron chi connectivity index (χ0n) is 16.7. The molecule has 1 aliphatic heterocycles. The Morgan fingerprint density at radius 2 is 1.81 bits per heavy atom. The first kappa shape index (κ1) is 21.3. The summed E-state index contributed by atoms with van der Waals surface area (Å²) in [5, 5.41) is 3.99. The van der Waals surface area contributed by atoms with Crippen LogP contribution in [0.2, 0.25) is 0 Å². The number of hydrogen-bond acceptors (Lipinski definition) is 6. The molecule has 0 unspecified atom stereocenters. The number of fused-ring (bicyclic) bond motifs is 1. The molecule has 7 nitrogen and oxygen atoms in total. The molecule has 1 N–H and O–H groups in total. The van der Waals surface area contributed by atoms with Crippen molar-refractivity contribution in [1.82, 2.24) is 5.43 Å². The fourth-order valence-corrected chi connectivity index (χ4v) is 3.23. The monoisotopic (exact) mass is 492 g/mol. The van der Waals surface area contributed by atoms with Gasteiger partial charge >= 0.3 is 5.97 Å². The van der Waals surface area contributed by atoms with Gasteiger partial charge in [0.2, 0.25) is 6.79 Å². The number of halogens is 1. The number of benzene rings is 3. The molecule has 0 bridgehead atoms. The molecule has 1 aliphatic rings. The van der Waals surface area contributed by atoms with E-state index in [1.165, 1.54) is 12.3 Å². The number of rotatable bonds is 6. The number of carbonyl (C=O) groups is 2. The summed E-state index contributed by atoms with van der Waals surface area (Å²) in [5.41, 5.74) is 4.21. The number of amides is 1. The van der Waals surface area contributed by atoms with E-state index < -0.39 is 11.9 Å². The van der Waals surface area contributed by atoms with Gasteiger partial charge in [-0.25, -0.2) is 10.2 Å². The van der Waals surface area contributed by atoms with Gasteiger partial charge in [0.25, 0.3) is 5.91 Å². The lowest BCUT2D eigenvalue weighted by molar-refractivity contribution is -0.128. The SMILES string of the molecule is O=C(/C=C/c1ccccc1)Oc1ccc(Br)cc1/C=N/NC(=O)c1ccc2c(c1)OCO2. The molecule has 0 saturated heterocycles. The number of nitrogens with one attached hydrogen (secondary N) is 1. The van der Waals surface area contributed by atoms with E-state index in [0.717, 1.165) is 10.0 Å². The number of nitrogens with zero attached hydrogens (tertiary/aromatic N) is 1. The van der Waals surface area contributed by atoms with Crippen molar-refractivity contribution < 1.29 is 23.8 Å². The minimum Gasteiger partial charge on any atom is -0.454 e. The highest BCUT2D eigenvalue weighted by molar-refractivity contribution is 9.10. The normalized spacial score (nSPS) is 12.3. The molecule has 4 rings (SSSR count). The zero-order valence-corrected chi connectivity index (χ0v) is 18.2. The second kappa shape index (κ2) is 9.93. The number of hydrogen-bond donors (Lipinski definition) is 1. The molecule has 0 fully saturated rings. The Labute approximate surface area is 192 Å². The molecule has 0 aliphatic carbocycles. The van der Waals surface area contributed by atoms with Crippen molar-refractivity contribution in [3.05, 3.63) is 94.0 Å². The molecule has 0 radical (unpaired) electrons. The van der Waals surface area contributed by atoms with Crippen molar-refractivity contribution >= 4 is 40.1 Å². The lowest BCUT2D eigenvalue weighted by atomic mass is 10.2. The van der Waals surface area contributed by atoms with Crippen molar-refractivity contribution in [1.29, 1.82) is 0 Å². The summed E-state index contributed by atoms with van der Waals surface area (Å²) in [5.74, 6) is 0.449. The van der Waals surface area contributed by atoms with E-state index in [0.29, 0.717) is 28.4 Å². The van der Waals surface area contributed by atoms with E-state index in [9.17, 15) is 9.59 Å². The third kappa shape index (κ3) is 5.41. The third-order valence-corrected chi connectivity index (χ3v) is 4.89. The average Bonchev–Trinajstić information content (AvgIpc) is 3.28. The van der Waals surface area contributed by atoms with Crippen LogP contribution in [0.15, 0.2) is 82.4 Å². The third-order valence-electron chi connectivity index (χ3n) is 4.40. The number of hydrazone groups is 1. The highest BCUT2D eigenvalue weighted by Crippen LogP contribution is 2.32. The summed E-state index contributed by atoms with van der Waals surface area (Å²) >= 11 is 3.38. The summed E-state index contributed by atoms with van der Waals surface area (Å²) in [7, 11) is 0. The maximum atomic E-state index is 12.4. The van der Waals surface area contributed by atoms with Gasteiger partial charge in [-0.2, -0.15) is 5.10 Å². The quantitative estimate of drug-likeness (QED) is 0.179. The van der Waals surface area contributed by atoms with Crippen LogP contribution in [0.3, 0.4) is 0 Å². The van der Waals surface area contributed by atoms with Crippen LogP contribution in [0.4, 0.5) is 0 Å². The minimum absolute atomic E-state index is 0.128. The van der Waals surface area contributed by atoms with Crippen LogP contribution in [0.25, 0.3) is 6.08 Å². The van der Waals surface area contributed by atoms with Crippen molar-refractivity contribution in [2.75, 3.05) is 6.79 Å². The predicted octanol–water partition coefficient (Wildman–Crippen LogP) is 4.56. The number of esters is 1. The highest BCUT2D eigenvalue weighted by atomic mass is 79.9. The Kier molecular flexibility index (Phi) is 6.62. The molecule has 32 heavy (non-hydrogen) atoms. The first-order chi connectivity index (χ1) is 15.6. The van der Waals surface area contributed by atoms with Gasteiger partial charge in [0.15, 0.2) is 11.5 Å². The Bertz CT molecular complexity index is 1210. The Morgan fingerprint density at radius 3 is 2.66 bits per heavy atom. The largest absolute Gasteiger partial charge is 0.454 e. The molecule has 3 aromatic carbocycles. The Hall–Kier alpha value is -3.91. The molecule has 8 heteroatoms.